The van der Waals surface area contributed by atoms with Crippen molar-refractivity contribution in [1.29, 1.82) is 0 Å². The zero-order valence-electron chi connectivity index (χ0n) is 8.97. The van der Waals surface area contributed by atoms with Gasteiger partial charge in [-0.05, 0) is 18.2 Å². The van der Waals surface area contributed by atoms with Crippen molar-refractivity contribution in [2.75, 3.05) is 7.05 Å². The molecule has 0 amide bonds. The first-order chi connectivity index (χ1) is 7.67. The van der Waals surface area contributed by atoms with Gasteiger partial charge in [-0.2, -0.15) is 0 Å². The van der Waals surface area contributed by atoms with E-state index < -0.39 is 0 Å². The third-order valence-electron chi connectivity index (χ3n) is 1.91. The molecule has 0 aliphatic heterocycles. The Morgan fingerprint density at radius 2 is 2.38 bits per heavy atom. The van der Waals surface area contributed by atoms with E-state index in [1.165, 1.54) is 6.07 Å². The third-order valence-corrected chi connectivity index (χ3v) is 2.15. The summed E-state index contributed by atoms with van der Waals surface area (Å²) in [4.78, 5) is 0. The van der Waals surface area contributed by atoms with Crippen LogP contribution in [0.25, 0.3) is 0 Å². The summed E-state index contributed by atoms with van der Waals surface area (Å²) in [5.41, 5.74) is 0.453. The Kier molecular flexibility index (Phi) is 4.86. The number of hydrogen-bond donors (Lipinski definition) is 1. The maximum Gasteiger partial charge on any atom is 0.186 e. The van der Waals surface area contributed by atoms with Crippen molar-refractivity contribution in [3.63, 3.8) is 0 Å². The fourth-order valence-electron chi connectivity index (χ4n) is 1.10. The SMILES string of the molecule is C=C/C=C(\NC)OCc1ccc(Cl)cc1F. The van der Waals surface area contributed by atoms with Crippen LogP contribution in [0.15, 0.2) is 42.8 Å². The van der Waals surface area contributed by atoms with Crippen LogP contribution < -0.4 is 5.32 Å². The van der Waals surface area contributed by atoms with Crippen LogP contribution in [0.2, 0.25) is 5.02 Å². The molecule has 0 aliphatic carbocycles. The van der Waals surface area contributed by atoms with Gasteiger partial charge in [0.05, 0.1) is 0 Å². The number of nitrogens with one attached hydrogen (secondary N) is 1. The molecule has 0 aliphatic rings. The molecular weight excluding hydrogens is 229 g/mol. The molecule has 0 saturated carbocycles. The maximum atomic E-state index is 13.4. The first-order valence-corrected chi connectivity index (χ1v) is 5.12. The highest BCUT2D eigenvalue weighted by Gasteiger charge is 2.04. The van der Waals surface area contributed by atoms with E-state index in [0.29, 0.717) is 16.5 Å². The van der Waals surface area contributed by atoms with Gasteiger partial charge in [-0.1, -0.05) is 30.3 Å². The molecule has 1 rings (SSSR count). The summed E-state index contributed by atoms with van der Waals surface area (Å²) in [5, 5.41) is 3.20. The van der Waals surface area contributed by atoms with Gasteiger partial charge in [-0.3, -0.25) is 0 Å². The molecule has 0 unspecified atom stereocenters. The normalized spacial score (nSPS) is 11.1. The molecule has 0 saturated heterocycles. The minimum Gasteiger partial charge on any atom is -0.474 e. The van der Waals surface area contributed by atoms with Gasteiger partial charge in [-0.25, -0.2) is 4.39 Å². The Bertz CT molecular complexity index is 404. The zero-order chi connectivity index (χ0) is 12.0. The largest absolute Gasteiger partial charge is 0.474 e. The van der Waals surface area contributed by atoms with E-state index in [1.54, 1.807) is 31.3 Å². The zero-order valence-corrected chi connectivity index (χ0v) is 9.72. The minimum atomic E-state index is -0.374. The van der Waals surface area contributed by atoms with E-state index >= 15 is 0 Å². The quantitative estimate of drug-likeness (QED) is 0.631. The molecule has 0 fully saturated rings. The summed E-state index contributed by atoms with van der Waals surface area (Å²) in [6.07, 6.45) is 3.25. The molecule has 1 aromatic rings. The van der Waals surface area contributed by atoms with Gasteiger partial charge in [0.2, 0.25) is 0 Å². The van der Waals surface area contributed by atoms with E-state index in [-0.39, 0.29) is 12.4 Å². The highest BCUT2D eigenvalue weighted by molar-refractivity contribution is 6.30. The van der Waals surface area contributed by atoms with E-state index in [9.17, 15) is 4.39 Å². The number of benzene rings is 1. The fraction of sp³-hybridized carbons (Fsp3) is 0.167. The first-order valence-electron chi connectivity index (χ1n) is 4.74. The molecule has 0 aromatic heterocycles. The van der Waals surface area contributed by atoms with Crippen molar-refractivity contribution >= 4 is 11.6 Å². The average molecular weight is 242 g/mol. The monoisotopic (exact) mass is 241 g/mol. The van der Waals surface area contributed by atoms with Gasteiger partial charge in [0, 0.05) is 17.6 Å². The second kappa shape index (κ2) is 6.18. The lowest BCUT2D eigenvalue weighted by atomic mass is 10.2. The Balaban J connectivity index is 2.67. The predicted molar refractivity (Wildman–Crippen MR) is 63.5 cm³/mol. The molecular formula is C12H13ClFNO. The summed E-state index contributed by atoms with van der Waals surface area (Å²) in [5.74, 6) is 0.158. The summed E-state index contributed by atoms with van der Waals surface area (Å²) in [6.45, 7) is 3.69. The van der Waals surface area contributed by atoms with Gasteiger partial charge in [-0.15, -0.1) is 0 Å². The molecule has 2 nitrogen and oxygen atoms in total. The van der Waals surface area contributed by atoms with Crippen molar-refractivity contribution in [3.05, 3.63) is 59.2 Å². The molecule has 1 N–H and O–H groups in total. The van der Waals surface area contributed by atoms with Gasteiger partial charge in [0.25, 0.3) is 0 Å². The van der Waals surface area contributed by atoms with E-state index in [1.807, 2.05) is 0 Å². The molecule has 0 radical (unpaired) electrons. The van der Waals surface area contributed by atoms with E-state index in [2.05, 4.69) is 11.9 Å². The van der Waals surface area contributed by atoms with Crippen LogP contribution in [0.5, 0.6) is 0 Å². The van der Waals surface area contributed by atoms with Crippen molar-refractivity contribution in [2.24, 2.45) is 0 Å². The molecule has 0 atom stereocenters. The summed E-state index contributed by atoms with van der Waals surface area (Å²) < 4.78 is 18.7. The van der Waals surface area contributed by atoms with Crippen molar-refractivity contribution in [2.45, 2.75) is 6.61 Å². The van der Waals surface area contributed by atoms with Crippen LogP contribution in [0, 0.1) is 5.82 Å². The smallest absolute Gasteiger partial charge is 0.186 e. The van der Waals surface area contributed by atoms with Crippen LogP contribution in [0.1, 0.15) is 5.56 Å². The van der Waals surface area contributed by atoms with Crippen molar-refractivity contribution < 1.29 is 9.13 Å². The maximum absolute atomic E-state index is 13.4. The number of rotatable bonds is 5. The predicted octanol–water partition coefficient (Wildman–Crippen LogP) is 3.24. The lowest BCUT2D eigenvalue weighted by Gasteiger charge is -2.09. The third kappa shape index (κ3) is 3.59. The summed E-state index contributed by atoms with van der Waals surface area (Å²) >= 11 is 5.64. The second-order valence-corrected chi connectivity index (χ2v) is 3.48. The molecule has 1 aromatic carbocycles. The first kappa shape index (κ1) is 12.6. The lowest BCUT2D eigenvalue weighted by Crippen LogP contribution is -2.09. The fourth-order valence-corrected chi connectivity index (χ4v) is 1.26. The Labute approximate surface area is 99.4 Å². The average Bonchev–Trinajstić information content (AvgIpc) is 2.26. The molecule has 86 valence electrons. The number of hydrogen-bond acceptors (Lipinski definition) is 2. The molecule has 4 heteroatoms. The molecule has 0 spiro atoms. The van der Waals surface area contributed by atoms with Gasteiger partial charge in [0.1, 0.15) is 12.4 Å². The minimum absolute atomic E-state index is 0.142. The molecule has 16 heavy (non-hydrogen) atoms. The number of ether oxygens (including phenoxy) is 1. The highest BCUT2D eigenvalue weighted by atomic mass is 35.5. The van der Waals surface area contributed by atoms with Crippen molar-refractivity contribution in [3.8, 4) is 0 Å². The van der Waals surface area contributed by atoms with Crippen LogP contribution in [0.3, 0.4) is 0 Å². The summed E-state index contributed by atoms with van der Waals surface area (Å²) in [7, 11) is 1.72. The Morgan fingerprint density at radius 3 is 2.94 bits per heavy atom. The molecule has 0 bridgehead atoms. The van der Waals surface area contributed by atoms with E-state index in [0.717, 1.165) is 0 Å². The topological polar surface area (TPSA) is 21.3 Å². The Hall–Kier alpha value is -1.48. The van der Waals surface area contributed by atoms with Crippen LogP contribution in [0.4, 0.5) is 4.39 Å². The van der Waals surface area contributed by atoms with E-state index in [4.69, 9.17) is 16.3 Å². The Morgan fingerprint density at radius 1 is 1.62 bits per heavy atom. The number of halogens is 2. The van der Waals surface area contributed by atoms with Crippen molar-refractivity contribution in [1.82, 2.24) is 5.32 Å². The van der Waals surface area contributed by atoms with Crippen LogP contribution in [-0.4, -0.2) is 7.05 Å². The van der Waals surface area contributed by atoms with Gasteiger partial charge in [0.15, 0.2) is 5.88 Å². The lowest BCUT2D eigenvalue weighted by molar-refractivity contribution is 0.179. The van der Waals surface area contributed by atoms with Crippen LogP contribution in [-0.2, 0) is 11.3 Å². The standard InChI is InChI=1S/C12H13ClFNO/c1-3-4-12(15-2)16-8-9-5-6-10(13)7-11(9)14/h3-7,15H,1,8H2,2H3/b12-4+. The van der Waals surface area contributed by atoms with Crippen LogP contribution >= 0.6 is 11.6 Å². The molecule has 0 heterocycles. The number of allylic oxidation sites excluding steroid dienone is 2. The highest BCUT2D eigenvalue weighted by Crippen LogP contribution is 2.15. The second-order valence-electron chi connectivity index (χ2n) is 3.04. The van der Waals surface area contributed by atoms with Gasteiger partial charge >= 0.3 is 0 Å². The summed E-state index contributed by atoms with van der Waals surface area (Å²) in [6, 6.07) is 4.48. The van der Waals surface area contributed by atoms with Gasteiger partial charge < -0.3 is 10.1 Å².